The molecule has 0 amide bonds. The molecule has 0 aliphatic carbocycles. The van der Waals surface area contributed by atoms with Gasteiger partial charge in [-0.25, -0.2) is 9.59 Å². The van der Waals surface area contributed by atoms with E-state index in [-0.39, 0.29) is 32.0 Å². The lowest BCUT2D eigenvalue weighted by molar-refractivity contribution is -0.361. The second-order valence-electron chi connectivity index (χ2n) is 13.3. The molecule has 2 fully saturated rings. The number of aliphatic hydroxyl groups excluding tert-OH is 1. The summed E-state index contributed by atoms with van der Waals surface area (Å²) in [5, 5.41) is 11.5. The van der Waals surface area contributed by atoms with E-state index in [1.807, 2.05) is 78.9 Å². The summed E-state index contributed by atoms with van der Waals surface area (Å²) < 4.78 is 61.2. The van der Waals surface area contributed by atoms with Crippen molar-refractivity contribution in [2.24, 2.45) is 0 Å². The van der Waals surface area contributed by atoms with Crippen LogP contribution in [0.5, 0.6) is 0 Å². The molecule has 0 bridgehead atoms. The quantitative estimate of drug-likeness (QED) is 0.149. The molecule has 2 saturated heterocycles. The number of benzene rings is 4. The van der Waals surface area contributed by atoms with Crippen molar-refractivity contribution >= 4 is 11.9 Å². The summed E-state index contributed by atoms with van der Waals surface area (Å²) in [5.74, 6) is -1.61. The average Bonchev–Trinajstić information content (AvgIpc) is 3.24. The van der Waals surface area contributed by atoms with Gasteiger partial charge in [-0.15, -0.1) is 0 Å². The fourth-order valence-corrected chi connectivity index (χ4v) is 6.70. The molecule has 1 N–H and O–H groups in total. The minimum Gasteiger partial charge on any atom is -0.459 e. The van der Waals surface area contributed by atoms with Gasteiger partial charge in [-0.2, -0.15) is 0 Å². The van der Waals surface area contributed by atoms with Crippen molar-refractivity contribution in [3.05, 3.63) is 144 Å². The predicted molar refractivity (Wildman–Crippen MR) is 200 cm³/mol. The molecule has 2 aliphatic heterocycles. The Kier molecular flexibility index (Phi) is 15.1. The van der Waals surface area contributed by atoms with Crippen LogP contribution in [0.15, 0.2) is 121 Å². The SMILES string of the molecule is COC1C(OCc2ccccc2)[C@@H](OC)OC(COCc2ccccc2)[C@H]1O[C@@H]1OC(C(=O)OCc2ccccc2)[C@@H](O)C(OC)[C@@H]1OC(=O)c1ccccc1. The van der Waals surface area contributed by atoms with Gasteiger partial charge < -0.3 is 52.5 Å². The molecule has 10 atom stereocenters. The molecule has 5 unspecified atom stereocenters. The monoisotopic (exact) mass is 772 g/mol. The minimum absolute atomic E-state index is 0.00472. The number of ether oxygens (including phenoxy) is 10. The van der Waals surface area contributed by atoms with E-state index in [0.717, 1.165) is 16.7 Å². The highest BCUT2D eigenvalue weighted by Crippen LogP contribution is 2.35. The third-order valence-corrected chi connectivity index (χ3v) is 9.57. The topological polar surface area (TPSA) is 147 Å². The maximum absolute atomic E-state index is 13.6. The van der Waals surface area contributed by atoms with Crippen molar-refractivity contribution in [2.75, 3.05) is 27.9 Å². The molecular formula is C43H48O13. The second kappa shape index (κ2) is 20.6. The minimum atomic E-state index is -1.62. The van der Waals surface area contributed by atoms with Crippen LogP contribution in [0.4, 0.5) is 0 Å². The fraction of sp³-hybridized carbons (Fsp3) is 0.395. The first-order valence-electron chi connectivity index (χ1n) is 18.4. The van der Waals surface area contributed by atoms with E-state index in [0.29, 0.717) is 0 Å². The zero-order chi connectivity index (χ0) is 39.3. The van der Waals surface area contributed by atoms with Crippen molar-refractivity contribution in [3.63, 3.8) is 0 Å². The Hall–Kier alpha value is -4.54. The average molecular weight is 773 g/mol. The molecule has 0 spiro atoms. The standard InChI is InChI=1S/C43H48O13/c1-47-35-33(44)36(41(46)52-26-30-20-12-6-13-21-30)56-43(39(35)54-40(45)31-22-14-7-15-23-31)55-34-32(27-50-24-28-16-8-4-9-17-28)53-42(49-3)38(37(34)48-2)51-25-29-18-10-5-11-19-29/h4-23,32-39,42-44H,24-27H2,1-3H3/t32?,33-,34+,35?,36?,37?,38?,39-,42-,43+/m0/s1. The number of carbonyl (C=O) groups excluding carboxylic acids is 2. The number of aliphatic hydroxyl groups is 1. The van der Waals surface area contributed by atoms with Crippen molar-refractivity contribution in [1.29, 1.82) is 0 Å². The highest BCUT2D eigenvalue weighted by Gasteiger charge is 2.55. The number of hydrogen-bond acceptors (Lipinski definition) is 13. The van der Waals surface area contributed by atoms with Crippen LogP contribution in [0.1, 0.15) is 27.0 Å². The zero-order valence-corrected chi connectivity index (χ0v) is 31.5. The molecule has 13 heteroatoms. The molecule has 6 rings (SSSR count). The van der Waals surface area contributed by atoms with Gasteiger partial charge in [0.05, 0.1) is 25.4 Å². The van der Waals surface area contributed by atoms with E-state index in [9.17, 15) is 14.7 Å². The van der Waals surface area contributed by atoms with Crippen molar-refractivity contribution in [1.82, 2.24) is 0 Å². The number of carbonyl (C=O) groups is 2. The van der Waals surface area contributed by atoms with Gasteiger partial charge in [-0.3, -0.25) is 0 Å². The smallest absolute Gasteiger partial charge is 0.338 e. The molecule has 4 aromatic rings. The first kappa shape index (κ1) is 41.1. The summed E-state index contributed by atoms with van der Waals surface area (Å²) in [7, 11) is 4.32. The fourth-order valence-electron chi connectivity index (χ4n) is 6.70. The normalized spacial score (nSPS) is 27.6. The van der Waals surface area contributed by atoms with Gasteiger partial charge in [-0.05, 0) is 28.8 Å². The number of rotatable bonds is 17. The van der Waals surface area contributed by atoms with Gasteiger partial charge in [0, 0.05) is 21.3 Å². The lowest BCUT2D eigenvalue weighted by Gasteiger charge is -2.48. The molecule has 2 heterocycles. The van der Waals surface area contributed by atoms with E-state index in [1.165, 1.54) is 21.3 Å². The molecule has 4 aromatic carbocycles. The van der Waals surface area contributed by atoms with E-state index < -0.39 is 73.4 Å². The lowest BCUT2D eigenvalue weighted by atomic mass is 9.96. The Balaban J connectivity index is 1.31. The summed E-state index contributed by atoms with van der Waals surface area (Å²) in [6.07, 6.45) is -12.0. The third kappa shape index (κ3) is 10.4. The van der Waals surface area contributed by atoms with E-state index in [2.05, 4.69) is 0 Å². The Labute approximate surface area is 326 Å². The van der Waals surface area contributed by atoms with Gasteiger partial charge in [0.2, 0.25) is 0 Å². The number of methoxy groups -OCH3 is 3. The second-order valence-corrected chi connectivity index (χ2v) is 13.3. The van der Waals surface area contributed by atoms with Crippen LogP contribution in [0.2, 0.25) is 0 Å². The maximum atomic E-state index is 13.6. The summed E-state index contributed by atoms with van der Waals surface area (Å²) in [5.41, 5.74) is 2.81. The maximum Gasteiger partial charge on any atom is 0.338 e. The summed E-state index contributed by atoms with van der Waals surface area (Å²) in [4.78, 5) is 27.2. The van der Waals surface area contributed by atoms with Gasteiger partial charge in [0.15, 0.2) is 24.8 Å². The van der Waals surface area contributed by atoms with E-state index >= 15 is 0 Å². The van der Waals surface area contributed by atoms with Gasteiger partial charge >= 0.3 is 11.9 Å². The van der Waals surface area contributed by atoms with Crippen LogP contribution in [0.25, 0.3) is 0 Å². The van der Waals surface area contributed by atoms with Crippen LogP contribution >= 0.6 is 0 Å². The number of hydrogen-bond donors (Lipinski definition) is 1. The first-order valence-corrected chi connectivity index (χ1v) is 18.4. The zero-order valence-electron chi connectivity index (χ0n) is 31.5. The molecule has 0 aromatic heterocycles. The molecule has 2 aliphatic rings. The summed E-state index contributed by atoms with van der Waals surface area (Å²) >= 11 is 0. The molecule has 298 valence electrons. The Bertz CT molecular complexity index is 1760. The van der Waals surface area contributed by atoms with Crippen LogP contribution in [-0.2, 0) is 72.0 Å². The largest absolute Gasteiger partial charge is 0.459 e. The molecular weight excluding hydrogens is 724 g/mol. The van der Waals surface area contributed by atoms with Crippen molar-refractivity contribution in [2.45, 2.75) is 81.2 Å². The van der Waals surface area contributed by atoms with Gasteiger partial charge in [0.1, 0.15) is 43.2 Å². The lowest BCUT2D eigenvalue weighted by Crippen LogP contribution is -2.66. The van der Waals surface area contributed by atoms with E-state index in [4.69, 9.17) is 47.4 Å². The third-order valence-electron chi connectivity index (χ3n) is 9.57. The highest BCUT2D eigenvalue weighted by atomic mass is 16.8. The highest BCUT2D eigenvalue weighted by molar-refractivity contribution is 5.89. The molecule has 13 nitrogen and oxygen atoms in total. The van der Waals surface area contributed by atoms with Crippen LogP contribution in [-0.4, -0.2) is 106 Å². The predicted octanol–water partition coefficient (Wildman–Crippen LogP) is 4.63. The first-order chi connectivity index (χ1) is 27.4. The Morgan fingerprint density at radius 1 is 0.589 bits per heavy atom. The van der Waals surface area contributed by atoms with E-state index in [1.54, 1.807) is 42.5 Å². The van der Waals surface area contributed by atoms with Gasteiger partial charge in [0.25, 0.3) is 0 Å². The molecule has 56 heavy (non-hydrogen) atoms. The molecule has 0 saturated carbocycles. The van der Waals surface area contributed by atoms with Crippen LogP contribution in [0, 0.1) is 0 Å². The Morgan fingerprint density at radius 2 is 1.14 bits per heavy atom. The van der Waals surface area contributed by atoms with Crippen molar-refractivity contribution in [3.8, 4) is 0 Å². The van der Waals surface area contributed by atoms with Crippen molar-refractivity contribution < 1.29 is 62.1 Å². The Morgan fingerprint density at radius 3 is 1.71 bits per heavy atom. The number of esters is 2. The summed E-state index contributed by atoms with van der Waals surface area (Å²) in [6.45, 7) is 0.386. The van der Waals surface area contributed by atoms with Crippen LogP contribution < -0.4 is 0 Å². The summed E-state index contributed by atoms with van der Waals surface area (Å²) in [6, 6.07) is 36.6. The van der Waals surface area contributed by atoms with Crippen LogP contribution in [0.3, 0.4) is 0 Å². The van der Waals surface area contributed by atoms with Gasteiger partial charge in [-0.1, -0.05) is 109 Å². The molecule has 0 radical (unpaired) electrons.